The van der Waals surface area contributed by atoms with E-state index in [1.807, 2.05) is 48.5 Å². The minimum absolute atomic E-state index is 0. The molecule has 0 bridgehead atoms. The van der Waals surface area contributed by atoms with Crippen LogP contribution in [0.2, 0.25) is 0 Å². The van der Waals surface area contributed by atoms with E-state index in [1.54, 1.807) is 6.07 Å². The van der Waals surface area contributed by atoms with Gasteiger partial charge in [-0.1, -0.05) is 24.3 Å². The number of halogens is 1. The average Bonchev–Trinajstić information content (AvgIpc) is 2.47. The lowest BCUT2D eigenvalue weighted by Crippen LogP contribution is -2.23. The van der Waals surface area contributed by atoms with E-state index in [0.717, 1.165) is 12.0 Å². The van der Waals surface area contributed by atoms with Gasteiger partial charge in [-0.2, -0.15) is 0 Å². The molecule has 130 valence electrons. The van der Waals surface area contributed by atoms with Crippen molar-refractivity contribution in [3.8, 4) is 11.5 Å². The summed E-state index contributed by atoms with van der Waals surface area (Å²) in [7, 11) is -3.04. The first-order valence-corrected chi connectivity index (χ1v) is 9.06. The van der Waals surface area contributed by atoms with Crippen LogP contribution in [0.15, 0.2) is 59.6 Å². The van der Waals surface area contributed by atoms with E-state index in [-0.39, 0.29) is 42.2 Å². The number of aliphatic imine (C=N–C) groups is 1. The van der Waals surface area contributed by atoms with Crippen molar-refractivity contribution in [3.05, 3.63) is 54.6 Å². The fourth-order valence-electron chi connectivity index (χ4n) is 1.78. The number of nitrogens with zero attached hydrogens (tertiary/aromatic N) is 1. The van der Waals surface area contributed by atoms with Gasteiger partial charge in [0.05, 0.1) is 12.3 Å². The van der Waals surface area contributed by atoms with Crippen LogP contribution in [-0.4, -0.2) is 32.9 Å². The van der Waals surface area contributed by atoms with Gasteiger partial charge in [-0.05, 0) is 24.3 Å². The number of hydrogen-bond donors (Lipinski definition) is 2. The van der Waals surface area contributed by atoms with Crippen molar-refractivity contribution in [2.45, 2.75) is 0 Å². The molecule has 0 spiro atoms. The Labute approximate surface area is 159 Å². The molecule has 0 unspecified atom stereocenters. The molecule has 3 N–H and O–H groups in total. The summed E-state index contributed by atoms with van der Waals surface area (Å²) in [6.45, 7) is 0.123. The van der Waals surface area contributed by atoms with Gasteiger partial charge in [-0.15, -0.1) is 24.0 Å². The van der Waals surface area contributed by atoms with Crippen LogP contribution < -0.4 is 15.8 Å². The number of ether oxygens (including phenoxy) is 1. The van der Waals surface area contributed by atoms with Crippen molar-refractivity contribution in [1.29, 1.82) is 0 Å². The molecule has 0 atom stereocenters. The van der Waals surface area contributed by atoms with Gasteiger partial charge in [-0.25, -0.2) is 8.42 Å². The Morgan fingerprint density at radius 3 is 2.46 bits per heavy atom. The van der Waals surface area contributed by atoms with Crippen molar-refractivity contribution in [2.75, 3.05) is 23.9 Å². The maximum absolute atomic E-state index is 11.0. The van der Waals surface area contributed by atoms with Crippen LogP contribution in [0, 0.1) is 0 Å². The average molecular weight is 461 g/mol. The highest BCUT2D eigenvalue weighted by molar-refractivity contribution is 14.0. The largest absolute Gasteiger partial charge is 0.457 e. The van der Waals surface area contributed by atoms with Crippen molar-refractivity contribution in [2.24, 2.45) is 10.7 Å². The predicted molar refractivity (Wildman–Crippen MR) is 108 cm³/mol. The number of rotatable bonds is 6. The lowest BCUT2D eigenvalue weighted by molar-refractivity contribution is 0.483. The Morgan fingerprint density at radius 1 is 1.12 bits per heavy atom. The summed E-state index contributed by atoms with van der Waals surface area (Å²) in [5.74, 6) is 1.52. The summed E-state index contributed by atoms with van der Waals surface area (Å²) in [6.07, 6.45) is 1.16. The molecular weight excluding hydrogens is 441 g/mol. The standard InChI is InChI=1S/C16H19N3O3S.HI/c1-23(20,21)11-10-18-16(17)19-13-6-5-9-15(12-13)22-14-7-3-2-4-8-14;/h2-9,12H,10-11H2,1H3,(H3,17,18,19);1H. The number of nitrogens with one attached hydrogen (secondary N) is 1. The molecule has 24 heavy (non-hydrogen) atoms. The number of nitrogens with two attached hydrogens (primary N) is 1. The van der Waals surface area contributed by atoms with Gasteiger partial charge in [0.2, 0.25) is 0 Å². The lowest BCUT2D eigenvalue weighted by Gasteiger charge is -2.09. The number of anilines is 1. The zero-order valence-corrected chi connectivity index (χ0v) is 16.3. The minimum atomic E-state index is -3.04. The van der Waals surface area contributed by atoms with Crippen LogP contribution in [0.5, 0.6) is 11.5 Å². The fraction of sp³-hybridized carbons (Fsp3) is 0.188. The highest BCUT2D eigenvalue weighted by Gasteiger charge is 2.02. The molecule has 0 radical (unpaired) electrons. The van der Waals surface area contributed by atoms with Crippen LogP contribution in [0.1, 0.15) is 0 Å². The number of sulfone groups is 1. The second-order valence-electron chi connectivity index (χ2n) is 4.96. The Kier molecular flexibility index (Phi) is 7.99. The first kappa shape index (κ1) is 20.2. The summed E-state index contributed by atoms with van der Waals surface area (Å²) < 4.78 is 27.8. The van der Waals surface area contributed by atoms with E-state index < -0.39 is 9.84 Å². The Morgan fingerprint density at radius 2 is 1.79 bits per heavy atom. The van der Waals surface area contributed by atoms with Gasteiger partial charge in [0.1, 0.15) is 21.3 Å². The quantitative estimate of drug-likeness (QED) is 0.392. The molecule has 0 saturated carbocycles. The molecule has 0 aliphatic carbocycles. The van der Waals surface area contributed by atoms with Crippen molar-refractivity contribution >= 4 is 45.5 Å². The molecule has 0 aliphatic heterocycles. The Balaban J connectivity index is 0.00000288. The van der Waals surface area contributed by atoms with Gasteiger partial charge in [0, 0.05) is 18.0 Å². The van der Waals surface area contributed by atoms with Gasteiger partial charge < -0.3 is 15.8 Å². The Bertz CT molecular complexity index is 780. The summed E-state index contributed by atoms with van der Waals surface area (Å²) >= 11 is 0. The lowest BCUT2D eigenvalue weighted by atomic mass is 10.3. The molecule has 0 saturated heterocycles. The zero-order valence-electron chi connectivity index (χ0n) is 13.2. The molecule has 0 aromatic heterocycles. The molecule has 2 aromatic rings. The fourth-order valence-corrected chi connectivity index (χ4v) is 2.20. The van der Waals surface area contributed by atoms with E-state index in [2.05, 4.69) is 10.3 Å². The first-order chi connectivity index (χ1) is 10.9. The van der Waals surface area contributed by atoms with Gasteiger partial charge >= 0.3 is 0 Å². The maximum atomic E-state index is 11.0. The van der Waals surface area contributed by atoms with Crippen LogP contribution in [0.25, 0.3) is 0 Å². The third-order valence-corrected chi connectivity index (χ3v) is 3.75. The second-order valence-corrected chi connectivity index (χ2v) is 7.22. The zero-order chi connectivity index (χ0) is 16.7. The van der Waals surface area contributed by atoms with Crippen LogP contribution in [0.3, 0.4) is 0 Å². The normalized spacial score (nSPS) is 11.5. The Hall–Kier alpha value is -1.81. The smallest absolute Gasteiger partial charge is 0.193 e. The topological polar surface area (TPSA) is 93.8 Å². The predicted octanol–water partition coefficient (Wildman–Crippen LogP) is 2.87. The van der Waals surface area contributed by atoms with Crippen molar-refractivity contribution < 1.29 is 13.2 Å². The van der Waals surface area contributed by atoms with E-state index >= 15 is 0 Å². The monoisotopic (exact) mass is 461 g/mol. The van der Waals surface area contributed by atoms with Gasteiger partial charge in [0.25, 0.3) is 0 Å². The third-order valence-electron chi connectivity index (χ3n) is 2.83. The molecule has 6 nitrogen and oxygen atoms in total. The van der Waals surface area contributed by atoms with E-state index in [9.17, 15) is 8.42 Å². The second kappa shape index (κ2) is 9.48. The highest BCUT2D eigenvalue weighted by atomic mass is 127. The SMILES string of the molecule is CS(=O)(=O)CCN=C(N)Nc1cccc(Oc2ccccc2)c1.I. The van der Waals surface area contributed by atoms with Crippen LogP contribution in [0.4, 0.5) is 5.69 Å². The molecule has 2 rings (SSSR count). The van der Waals surface area contributed by atoms with Gasteiger partial charge in [-0.3, -0.25) is 4.99 Å². The summed E-state index contributed by atoms with van der Waals surface area (Å²) in [4.78, 5) is 3.98. The van der Waals surface area contributed by atoms with Crippen molar-refractivity contribution in [1.82, 2.24) is 0 Å². The maximum Gasteiger partial charge on any atom is 0.193 e. The van der Waals surface area contributed by atoms with Crippen molar-refractivity contribution in [3.63, 3.8) is 0 Å². The number of para-hydroxylation sites is 1. The van der Waals surface area contributed by atoms with Crippen LogP contribution in [-0.2, 0) is 9.84 Å². The van der Waals surface area contributed by atoms with E-state index in [0.29, 0.717) is 11.4 Å². The minimum Gasteiger partial charge on any atom is -0.457 e. The number of hydrogen-bond acceptors (Lipinski definition) is 4. The summed E-state index contributed by atoms with van der Waals surface area (Å²) in [5, 5.41) is 2.91. The first-order valence-electron chi connectivity index (χ1n) is 7.00. The molecule has 0 heterocycles. The highest BCUT2D eigenvalue weighted by Crippen LogP contribution is 2.23. The van der Waals surface area contributed by atoms with Crippen LogP contribution >= 0.6 is 24.0 Å². The third kappa shape index (κ3) is 7.64. The molecule has 0 aliphatic rings. The van der Waals surface area contributed by atoms with E-state index in [1.165, 1.54) is 0 Å². The number of benzene rings is 2. The van der Waals surface area contributed by atoms with E-state index in [4.69, 9.17) is 10.5 Å². The summed E-state index contributed by atoms with van der Waals surface area (Å²) in [5.41, 5.74) is 6.45. The molecule has 8 heteroatoms. The molecule has 0 fully saturated rings. The number of guanidine groups is 1. The molecule has 0 amide bonds. The molecule has 2 aromatic carbocycles. The molecular formula is C16H20IN3O3S. The summed E-state index contributed by atoms with van der Waals surface area (Å²) in [6, 6.07) is 16.7. The van der Waals surface area contributed by atoms with Gasteiger partial charge in [0.15, 0.2) is 5.96 Å².